The summed E-state index contributed by atoms with van der Waals surface area (Å²) in [6.07, 6.45) is 1.38. The zero-order valence-electron chi connectivity index (χ0n) is 12.0. The van der Waals surface area contributed by atoms with Crippen molar-refractivity contribution in [3.8, 4) is 0 Å². The molecule has 2 N–H and O–H groups in total. The van der Waals surface area contributed by atoms with Crippen LogP contribution in [-0.4, -0.2) is 35.1 Å². The van der Waals surface area contributed by atoms with Gasteiger partial charge in [-0.3, -0.25) is 4.79 Å². The Bertz CT molecular complexity index is 560. The number of fused-ring (bicyclic) bond motifs is 1. The molecule has 1 aromatic carbocycles. The highest BCUT2D eigenvalue weighted by atomic mass is 79.9. The summed E-state index contributed by atoms with van der Waals surface area (Å²) < 4.78 is 1.07. The number of nitrogens with one attached hydrogen (secondary N) is 1. The molecular formula is C15H19BrN2O3. The number of carboxylic acid groups (broad SMARTS) is 1. The van der Waals surface area contributed by atoms with Gasteiger partial charge in [0, 0.05) is 30.5 Å². The summed E-state index contributed by atoms with van der Waals surface area (Å²) >= 11 is 3.50. The zero-order chi connectivity index (χ0) is 15.4. The van der Waals surface area contributed by atoms with E-state index in [1.54, 1.807) is 4.90 Å². The fourth-order valence-corrected chi connectivity index (χ4v) is 3.16. The van der Waals surface area contributed by atoms with Crippen LogP contribution in [0.3, 0.4) is 0 Å². The molecule has 0 aliphatic carbocycles. The third-order valence-electron chi connectivity index (χ3n) is 3.66. The van der Waals surface area contributed by atoms with Crippen LogP contribution in [0.1, 0.15) is 29.5 Å². The van der Waals surface area contributed by atoms with Gasteiger partial charge in [-0.25, -0.2) is 4.79 Å². The molecule has 1 aliphatic rings. The molecule has 0 saturated carbocycles. The number of benzene rings is 1. The van der Waals surface area contributed by atoms with Crippen LogP contribution in [0.15, 0.2) is 16.6 Å². The SMILES string of the molecule is Cc1cc(Br)cc2c1CN(C(=O)NCCCC(=O)O)CC2. The van der Waals surface area contributed by atoms with Crippen molar-refractivity contribution in [3.63, 3.8) is 0 Å². The first-order valence-electron chi connectivity index (χ1n) is 7.00. The Balaban J connectivity index is 1.92. The third-order valence-corrected chi connectivity index (χ3v) is 4.12. The normalized spacial score (nSPS) is 13.7. The van der Waals surface area contributed by atoms with Crippen molar-refractivity contribution in [2.45, 2.75) is 32.7 Å². The van der Waals surface area contributed by atoms with E-state index in [4.69, 9.17) is 5.11 Å². The van der Waals surface area contributed by atoms with Crippen LogP contribution in [0, 0.1) is 6.92 Å². The maximum Gasteiger partial charge on any atom is 0.317 e. The Morgan fingerprint density at radius 3 is 2.90 bits per heavy atom. The van der Waals surface area contributed by atoms with Gasteiger partial charge in [0.25, 0.3) is 0 Å². The Labute approximate surface area is 132 Å². The molecule has 5 nitrogen and oxygen atoms in total. The van der Waals surface area contributed by atoms with Gasteiger partial charge in [-0.05, 0) is 48.6 Å². The standard InChI is InChI=1S/C15H19BrN2O3/c1-10-7-12(16)8-11-4-6-18(9-13(10)11)15(21)17-5-2-3-14(19)20/h7-8H,2-6,9H2,1H3,(H,17,21)(H,19,20). The monoisotopic (exact) mass is 354 g/mol. The van der Waals surface area contributed by atoms with Crippen LogP contribution in [0.4, 0.5) is 4.79 Å². The number of carbonyl (C=O) groups excluding carboxylic acids is 1. The summed E-state index contributed by atoms with van der Waals surface area (Å²) in [5, 5.41) is 11.3. The van der Waals surface area contributed by atoms with Crippen LogP contribution in [0.25, 0.3) is 0 Å². The van der Waals surface area contributed by atoms with Crippen molar-refractivity contribution in [2.75, 3.05) is 13.1 Å². The molecule has 1 heterocycles. The van der Waals surface area contributed by atoms with E-state index in [2.05, 4.69) is 40.3 Å². The number of carboxylic acids is 1. The number of urea groups is 1. The van der Waals surface area contributed by atoms with E-state index in [0.717, 1.165) is 10.9 Å². The Kier molecular flexibility index (Phi) is 5.22. The number of amides is 2. The van der Waals surface area contributed by atoms with Crippen molar-refractivity contribution in [1.29, 1.82) is 0 Å². The summed E-state index contributed by atoms with van der Waals surface area (Å²) in [4.78, 5) is 24.3. The minimum atomic E-state index is -0.836. The summed E-state index contributed by atoms with van der Waals surface area (Å²) in [7, 11) is 0. The van der Waals surface area contributed by atoms with Crippen molar-refractivity contribution in [1.82, 2.24) is 10.2 Å². The predicted octanol–water partition coefficient (Wildman–Crippen LogP) is 2.69. The fourth-order valence-electron chi connectivity index (χ4n) is 2.54. The second-order valence-electron chi connectivity index (χ2n) is 5.26. The van der Waals surface area contributed by atoms with Crippen LogP contribution in [-0.2, 0) is 17.8 Å². The number of hydrogen-bond acceptors (Lipinski definition) is 2. The van der Waals surface area contributed by atoms with Gasteiger partial charge >= 0.3 is 12.0 Å². The summed E-state index contributed by atoms with van der Waals surface area (Å²) in [6, 6.07) is 4.06. The number of rotatable bonds is 4. The van der Waals surface area contributed by atoms with E-state index in [-0.39, 0.29) is 12.5 Å². The van der Waals surface area contributed by atoms with E-state index >= 15 is 0 Å². The molecule has 1 aliphatic heterocycles. The Morgan fingerprint density at radius 2 is 2.19 bits per heavy atom. The van der Waals surface area contributed by atoms with Gasteiger partial charge in [0.2, 0.25) is 0 Å². The van der Waals surface area contributed by atoms with E-state index in [1.165, 1.54) is 16.7 Å². The molecule has 21 heavy (non-hydrogen) atoms. The molecule has 0 aromatic heterocycles. The van der Waals surface area contributed by atoms with Gasteiger partial charge in [-0.1, -0.05) is 15.9 Å². The highest BCUT2D eigenvalue weighted by Crippen LogP contribution is 2.26. The molecule has 1 aromatic rings. The number of hydrogen-bond donors (Lipinski definition) is 2. The van der Waals surface area contributed by atoms with Crippen molar-refractivity contribution in [2.24, 2.45) is 0 Å². The maximum atomic E-state index is 12.1. The molecule has 0 fully saturated rings. The second kappa shape index (κ2) is 6.93. The lowest BCUT2D eigenvalue weighted by molar-refractivity contribution is -0.137. The van der Waals surface area contributed by atoms with Gasteiger partial charge in [-0.2, -0.15) is 0 Å². The minimum absolute atomic E-state index is 0.0796. The van der Waals surface area contributed by atoms with Gasteiger partial charge in [0.1, 0.15) is 0 Å². The molecule has 6 heteroatoms. The van der Waals surface area contributed by atoms with Crippen LogP contribution in [0.2, 0.25) is 0 Å². The summed E-state index contributed by atoms with van der Waals surface area (Å²) in [6.45, 7) is 3.75. The number of halogens is 1. The van der Waals surface area contributed by atoms with Gasteiger partial charge in [-0.15, -0.1) is 0 Å². The fraction of sp³-hybridized carbons (Fsp3) is 0.467. The minimum Gasteiger partial charge on any atom is -0.481 e. The maximum absolute atomic E-state index is 12.1. The summed E-state index contributed by atoms with van der Waals surface area (Å²) in [5.41, 5.74) is 3.68. The molecule has 0 spiro atoms. The number of aliphatic carboxylic acids is 1. The number of carbonyl (C=O) groups is 2. The lowest BCUT2D eigenvalue weighted by Crippen LogP contribution is -2.43. The molecule has 114 valence electrons. The lowest BCUT2D eigenvalue weighted by atomic mass is 9.96. The second-order valence-corrected chi connectivity index (χ2v) is 6.18. The highest BCUT2D eigenvalue weighted by molar-refractivity contribution is 9.10. The van der Waals surface area contributed by atoms with Gasteiger partial charge < -0.3 is 15.3 Å². The topological polar surface area (TPSA) is 69.6 Å². The molecule has 0 saturated heterocycles. The molecule has 0 radical (unpaired) electrons. The molecular weight excluding hydrogens is 336 g/mol. The van der Waals surface area contributed by atoms with Crippen molar-refractivity contribution >= 4 is 27.9 Å². The first-order valence-corrected chi connectivity index (χ1v) is 7.79. The first-order chi connectivity index (χ1) is 9.97. The third kappa shape index (κ3) is 4.20. The Morgan fingerprint density at radius 1 is 1.43 bits per heavy atom. The number of aryl methyl sites for hydroxylation is 1. The van der Waals surface area contributed by atoms with Crippen LogP contribution < -0.4 is 5.32 Å². The Hall–Kier alpha value is -1.56. The molecule has 0 bridgehead atoms. The van der Waals surface area contributed by atoms with E-state index in [0.29, 0.717) is 26.1 Å². The van der Waals surface area contributed by atoms with Crippen molar-refractivity contribution < 1.29 is 14.7 Å². The van der Waals surface area contributed by atoms with Gasteiger partial charge in [0.15, 0.2) is 0 Å². The quantitative estimate of drug-likeness (QED) is 0.816. The highest BCUT2D eigenvalue weighted by Gasteiger charge is 2.22. The van der Waals surface area contributed by atoms with E-state index in [1.807, 2.05) is 0 Å². The van der Waals surface area contributed by atoms with Crippen LogP contribution in [0.5, 0.6) is 0 Å². The molecule has 0 atom stereocenters. The van der Waals surface area contributed by atoms with Crippen molar-refractivity contribution in [3.05, 3.63) is 33.3 Å². The predicted molar refractivity (Wildman–Crippen MR) is 83.3 cm³/mol. The van der Waals surface area contributed by atoms with Gasteiger partial charge in [0.05, 0.1) is 0 Å². The lowest BCUT2D eigenvalue weighted by Gasteiger charge is -2.30. The average molecular weight is 355 g/mol. The molecule has 2 rings (SSSR count). The molecule has 2 amide bonds. The molecule has 0 unspecified atom stereocenters. The zero-order valence-corrected chi connectivity index (χ0v) is 13.6. The first kappa shape index (κ1) is 15.8. The van der Waals surface area contributed by atoms with Crippen LogP contribution >= 0.6 is 15.9 Å². The summed E-state index contributed by atoms with van der Waals surface area (Å²) in [5.74, 6) is -0.836. The van der Waals surface area contributed by atoms with E-state index < -0.39 is 5.97 Å². The van der Waals surface area contributed by atoms with E-state index in [9.17, 15) is 9.59 Å². The number of nitrogens with zero attached hydrogens (tertiary/aromatic N) is 1. The largest absolute Gasteiger partial charge is 0.481 e. The smallest absolute Gasteiger partial charge is 0.317 e. The average Bonchev–Trinajstić information content (AvgIpc) is 2.42.